The smallest absolute Gasteiger partial charge is 0.224 e. The number of rotatable bonds is 5. The van der Waals surface area contributed by atoms with Crippen molar-refractivity contribution < 1.29 is 4.79 Å². The number of carbonyl (C=O) groups excluding carboxylic acids is 1. The van der Waals surface area contributed by atoms with E-state index in [1.807, 2.05) is 26.0 Å². The Bertz CT molecular complexity index is 1380. The van der Waals surface area contributed by atoms with Crippen molar-refractivity contribution in [3.8, 4) is 17.2 Å². The second-order valence-corrected chi connectivity index (χ2v) is 8.39. The Morgan fingerprint density at radius 2 is 2.09 bits per heavy atom. The summed E-state index contributed by atoms with van der Waals surface area (Å²) in [7, 11) is 0. The first-order chi connectivity index (χ1) is 16.0. The number of hydrogen-bond acceptors (Lipinski definition) is 8. The maximum Gasteiger partial charge on any atom is 0.224 e. The van der Waals surface area contributed by atoms with Crippen LogP contribution in [0.5, 0.6) is 0 Å². The zero-order valence-corrected chi connectivity index (χ0v) is 18.1. The SMILES string of the molecule is CC(C)CC(=O)Nc1cncc(-c2cnc3n[nH]c(C4=NC5C(C#N)=CN=CC5N4)c3c2)c1. The summed E-state index contributed by atoms with van der Waals surface area (Å²) < 4.78 is 0. The number of amides is 1. The van der Waals surface area contributed by atoms with Gasteiger partial charge in [0, 0.05) is 42.4 Å². The molecule has 3 N–H and O–H groups in total. The molecule has 2 unspecified atom stereocenters. The molecule has 10 nitrogen and oxygen atoms in total. The normalized spacial score (nSPS) is 19.0. The van der Waals surface area contributed by atoms with E-state index in [2.05, 4.69) is 41.9 Å². The molecule has 0 radical (unpaired) electrons. The molecule has 5 heterocycles. The van der Waals surface area contributed by atoms with Gasteiger partial charge < -0.3 is 10.6 Å². The Morgan fingerprint density at radius 1 is 1.24 bits per heavy atom. The summed E-state index contributed by atoms with van der Waals surface area (Å²) in [5.74, 6) is 0.832. The van der Waals surface area contributed by atoms with E-state index < -0.39 is 0 Å². The number of H-pyrrole nitrogens is 1. The zero-order chi connectivity index (χ0) is 22.9. The minimum absolute atomic E-state index is 0.0456. The third-order valence-corrected chi connectivity index (χ3v) is 5.42. The standard InChI is InChI=1S/C23H21N9O/c1-12(2)3-19(33)28-16-4-13(7-25-10-16)14-5-17-21(31-32-22(17)27-9-14)23-29-18-11-26-8-15(6-24)20(18)30-23/h4-5,7-12,18,20H,3H2,1-2H3,(H,28,33)(H,29,30)(H,27,31,32). The van der Waals surface area contributed by atoms with Gasteiger partial charge in [-0.25, -0.2) is 4.98 Å². The fraction of sp³-hybridized carbons (Fsp3) is 0.261. The number of hydrogen-bond donors (Lipinski definition) is 3. The molecule has 3 aromatic rings. The van der Waals surface area contributed by atoms with Crippen LogP contribution < -0.4 is 10.6 Å². The van der Waals surface area contributed by atoms with Crippen molar-refractivity contribution in [1.29, 1.82) is 5.26 Å². The van der Waals surface area contributed by atoms with Crippen LogP contribution in [0.4, 0.5) is 5.69 Å². The number of fused-ring (bicyclic) bond motifs is 2. The van der Waals surface area contributed by atoms with Crippen LogP contribution >= 0.6 is 0 Å². The van der Waals surface area contributed by atoms with E-state index in [0.717, 1.165) is 16.5 Å². The average Bonchev–Trinajstić information content (AvgIpc) is 3.41. The quantitative estimate of drug-likeness (QED) is 0.557. The Hall–Kier alpha value is -4.39. The van der Waals surface area contributed by atoms with Crippen LogP contribution in [0, 0.1) is 17.2 Å². The monoisotopic (exact) mass is 439 g/mol. The number of pyridine rings is 2. The molecule has 2 atom stereocenters. The molecule has 1 amide bonds. The predicted molar refractivity (Wildman–Crippen MR) is 125 cm³/mol. The van der Waals surface area contributed by atoms with Gasteiger partial charge in [0.05, 0.1) is 35.0 Å². The van der Waals surface area contributed by atoms with Crippen molar-refractivity contribution in [3.63, 3.8) is 0 Å². The van der Waals surface area contributed by atoms with Crippen LogP contribution in [0.15, 0.2) is 52.5 Å². The van der Waals surface area contributed by atoms with Crippen LogP contribution in [-0.2, 0) is 4.79 Å². The number of nitriles is 1. The summed E-state index contributed by atoms with van der Waals surface area (Å²) in [5.41, 5.74) is 4.02. The number of carbonyl (C=O) groups is 1. The molecule has 0 saturated carbocycles. The number of anilines is 1. The second-order valence-electron chi connectivity index (χ2n) is 8.39. The van der Waals surface area contributed by atoms with E-state index >= 15 is 0 Å². The molecule has 33 heavy (non-hydrogen) atoms. The van der Waals surface area contributed by atoms with Crippen LogP contribution in [-0.4, -0.2) is 50.2 Å². The molecule has 5 rings (SSSR count). The van der Waals surface area contributed by atoms with E-state index in [-0.39, 0.29) is 23.9 Å². The van der Waals surface area contributed by atoms with Crippen LogP contribution in [0.3, 0.4) is 0 Å². The predicted octanol–water partition coefficient (Wildman–Crippen LogP) is 2.58. The van der Waals surface area contributed by atoms with Gasteiger partial charge in [0.15, 0.2) is 5.65 Å². The highest BCUT2D eigenvalue weighted by Crippen LogP contribution is 2.27. The zero-order valence-electron chi connectivity index (χ0n) is 18.1. The van der Waals surface area contributed by atoms with Crippen molar-refractivity contribution in [3.05, 3.63) is 48.2 Å². The van der Waals surface area contributed by atoms with Crippen molar-refractivity contribution in [2.45, 2.75) is 32.4 Å². The Labute approximate surface area is 189 Å². The number of amidine groups is 1. The second kappa shape index (κ2) is 8.27. The van der Waals surface area contributed by atoms with Gasteiger partial charge in [-0.3, -0.25) is 24.9 Å². The largest absolute Gasteiger partial charge is 0.358 e. The molecule has 164 valence electrons. The van der Waals surface area contributed by atoms with Crippen molar-refractivity contribution >= 4 is 34.7 Å². The lowest BCUT2D eigenvalue weighted by molar-refractivity contribution is -0.116. The molecule has 0 saturated heterocycles. The molecular weight excluding hydrogens is 418 g/mol. The fourth-order valence-corrected chi connectivity index (χ4v) is 3.89. The van der Waals surface area contributed by atoms with Gasteiger partial charge in [0.2, 0.25) is 5.91 Å². The van der Waals surface area contributed by atoms with Crippen molar-refractivity contribution in [2.75, 3.05) is 5.32 Å². The number of aromatic amines is 1. The lowest BCUT2D eigenvalue weighted by Gasteiger charge is -2.15. The molecule has 0 fully saturated rings. The average molecular weight is 439 g/mol. The summed E-state index contributed by atoms with van der Waals surface area (Å²) in [5, 5.41) is 23.6. The summed E-state index contributed by atoms with van der Waals surface area (Å²) in [6.45, 7) is 4.00. The van der Waals surface area contributed by atoms with Crippen LogP contribution in [0.2, 0.25) is 0 Å². The highest BCUT2D eigenvalue weighted by atomic mass is 16.1. The number of nitrogens with one attached hydrogen (secondary N) is 3. The number of nitrogens with zero attached hydrogens (tertiary/aromatic N) is 6. The van der Waals surface area contributed by atoms with E-state index in [0.29, 0.717) is 34.9 Å². The lowest BCUT2D eigenvalue weighted by Crippen LogP contribution is -2.38. The highest BCUT2D eigenvalue weighted by Gasteiger charge is 2.34. The first-order valence-electron chi connectivity index (χ1n) is 10.6. The van der Waals surface area contributed by atoms with E-state index in [9.17, 15) is 10.1 Å². The van der Waals surface area contributed by atoms with Gasteiger partial charge in [-0.1, -0.05) is 13.8 Å². The minimum Gasteiger partial charge on any atom is -0.358 e. The molecule has 0 bridgehead atoms. The van der Waals surface area contributed by atoms with Gasteiger partial charge in [-0.15, -0.1) is 0 Å². The van der Waals surface area contributed by atoms with E-state index in [1.54, 1.807) is 31.0 Å². The first kappa shape index (κ1) is 20.5. The topological polar surface area (TPSA) is 144 Å². The van der Waals surface area contributed by atoms with Crippen molar-refractivity contribution in [1.82, 2.24) is 25.5 Å². The number of aliphatic imine (C=N–C) groups is 2. The van der Waals surface area contributed by atoms with Gasteiger partial charge >= 0.3 is 0 Å². The third-order valence-electron chi connectivity index (χ3n) is 5.42. The Balaban J connectivity index is 1.46. The molecule has 0 spiro atoms. The molecule has 0 aliphatic carbocycles. The van der Waals surface area contributed by atoms with Crippen molar-refractivity contribution in [2.24, 2.45) is 15.9 Å². The van der Waals surface area contributed by atoms with Crippen LogP contribution in [0.1, 0.15) is 26.0 Å². The summed E-state index contributed by atoms with van der Waals surface area (Å²) in [4.78, 5) is 29.7. The van der Waals surface area contributed by atoms with Gasteiger partial charge in [-0.2, -0.15) is 10.4 Å². The molecule has 0 aromatic carbocycles. The number of aromatic nitrogens is 4. The molecule has 2 aliphatic heterocycles. The molecular formula is C23H21N9O. The molecule has 10 heteroatoms. The van der Waals surface area contributed by atoms with E-state index in [1.165, 1.54) is 0 Å². The third kappa shape index (κ3) is 3.96. The van der Waals surface area contributed by atoms with Crippen LogP contribution in [0.25, 0.3) is 22.2 Å². The Morgan fingerprint density at radius 3 is 2.91 bits per heavy atom. The highest BCUT2D eigenvalue weighted by molar-refractivity contribution is 6.10. The van der Waals surface area contributed by atoms with Gasteiger partial charge in [0.1, 0.15) is 17.6 Å². The van der Waals surface area contributed by atoms with E-state index in [4.69, 9.17) is 4.99 Å². The maximum atomic E-state index is 12.1. The first-order valence-corrected chi connectivity index (χ1v) is 10.6. The Kier molecular flexibility index (Phi) is 5.14. The fourth-order valence-electron chi connectivity index (χ4n) is 3.89. The summed E-state index contributed by atoms with van der Waals surface area (Å²) in [6.07, 6.45) is 8.80. The maximum absolute atomic E-state index is 12.1. The summed E-state index contributed by atoms with van der Waals surface area (Å²) >= 11 is 0. The molecule has 2 aliphatic rings. The van der Waals surface area contributed by atoms with Gasteiger partial charge in [0.25, 0.3) is 0 Å². The summed E-state index contributed by atoms with van der Waals surface area (Å²) in [6, 6.07) is 5.50. The van der Waals surface area contributed by atoms with Gasteiger partial charge in [-0.05, 0) is 18.1 Å². The minimum atomic E-state index is -0.313. The molecule has 3 aromatic heterocycles. The lowest BCUT2D eigenvalue weighted by atomic mass is 10.0.